The zero-order valence-electron chi connectivity index (χ0n) is 12.1. The van der Waals surface area contributed by atoms with Crippen LogP contribution >= 0.6 is 23.1 Å². The van der Waals surface area contributed by atoms with Gasteiger partial charge < -0.3 is 14.8 Å². The normalized spacial score (nSPS) is 13.4. The van der Waals surface area contributed by atoms with Crippen LogP contribution in [0, 0.1) is 6.92 Å². The van der Waals surface area contributed by atoms with Crippen LogP contribution in [-0.4, -0.2) is 24.5 Å². The van der Waals surface area contributed by atoms with Crippen molar-refractivity contribution in [3.63, 3.8) is 0 Å². The van der Waals surface area contributed by atoms with Crippen molar-refractivity contribution in [3.05, 3.63) is 33.8 Å². The van der Waals surface area contributed by atoms with Crippen molar-refractivity contribution in [2.24, 2.45) is 0 Å². The van der Waals surface area contributed by atoms with E-state index < -0.39 is 0 Å². The van der Waals surface area contributed by atoms with Crippen molar-refractivity contribution in [2.75, 3.05) is 19.5 Å². The maximum atomic E-state index is 5.66. The van der Waals surface area contributed by atoms with Gasteiger partial charge in [-0.15, -0.1) is 23.1 Å². The lowest BCUT2D eigenvalue weighted by Crippen LogP contribution is -2.17. The standard InChI is InChI=1S/C15H18N2O2S2/c1-10-17-12(9-21-10)8-16-7-11-5-13-14(6-15(11)20-2)19-4-3-18-13/h5-6,9,16H,3-4,7-8H2,1-2H3. The molecule has 0 fully saturated rings. The van der Waals surface area contributed by atoms with Crippen molar-refractivity contribution in [2.45, 2.75) is 24.9 Å². The van der Waals surface area contributed by atoms with E-state index >= 15 is 0 Å². The third-order valence-electron chi connectivity index (χ3n) is 3.23. The summed E-state index contributed by atoms with van der Waals surface area (Å²) in [6, 6.07) is 4.16. The monoisotopic (exact) mass is 322 g/mol. The summed E-state index contributed by atoms with van der Waals surface area (Å²) in [4.78, 5) is 5.68. The molecule has 0 atom stereocenters. The molecule has 1 aliphatic rings. The van der Waals surface area contributed by atoms with Crippen LogP contribution in [0.15, 0.2) is 22.4 Å². The minimum Gasteiger partial charge on any atom is -0.486 e. The SMILES string of the molecule is CSc1cc2c(cc1CNCc1csc(C)n1)OCCO2. The molecule has 0 saturated carbocycles. The number of hydrogen-bond acceptors (Lipinski definition) is 6. The number of thiazole rings is 1. The molecule has 1 aromatic carbocycles. The maximum Gasteiger partial charge on any atom is 0.162 e. The van der Waals surface area contributed by atoms with Gasteiger partial charge in [-0.05, 0) is 30.9 Å². The molecule has 6 heteroatoms. The first-order valence-electron chi connectivity index (χ1n) is 6.84. The topological polar surface area (TPSA) is 43.4 Å². The molecule has 0 radical (unpaired) electrons. The lowest BCUT2D eigenvalue weighted by atomic mass is 10.2. The van der Waals surface area contributed by atoms with E-state index in [1.54, 1.807) is 23.1 Å². The van der Waals surface area contributed by atoms with E-state index in [0.29, 0.717) is 13.2 Å². The lowest BCUT2D eigenvalue weighted by Gasteiger charge is -2.20. The number of fused-ring (bicyclic) bond motifs is 1. The molecule has 2 aromatic rings. The Morgan fingerprint density at radius 2 is 2.00 bits per heavy atom. The van der Waals surface area contributed by atoms with Crippen LogP contribution in [0.4, 0.5) is 0 Å². The Kier molecular flexibility index (Phi) is 4.67. The fraction of sp³-hybridized carbons (Fsp3) is 0.400. The van der Waals surface area contributed by atoms with Gasteiger partial charge in [-0.25, -0.2) is 4.98 Å². The second-order valence-electron chi connectivity index (χ2n) is 4.77. The molecule has 0 spiro atoms. The molecule has 1 aromatic heterocycles. The predicted octanol–water partition coefficient (Wildman–Crippen LogP) is 3.23. The average Bonchev–Trinajstić information content (AvgIpc) is 2.92. The van der Waals surface area contributed by atoms with E-state index in [1.807, 2.05) is 6.92 Å². The van der Waals surface area contributed by atoms with Crippen molar-refractivity contribution in [1.29, 1.82) is 0 Å². The number of hydrogen-bond donors (Lipinski definition) is 1. The quantitative estimate of drug-likeness (QED) is 0.856. The molecule has 2 heterocycles. The van der Waals surface area contributed by atoms with Crippen LogP contribution in [0.1, 0.15) is 16.3 Å². The number of aromatic nitrogens is 1. The first-order valence-corrected chi connectivity index (χ1v) is 8.95. The third kappa shape index (κ3) is 3.51. The van der Waals surface area contributed by atoms with Crippen LogP contribution in [0.2, 0.25) is 0 Å². The van der Waals surface area contributed by atoms with Crippen LogP contribution in [0.5, 0.6) is 11.5 Å². The molecule has 21 heavy (non-hydrogen) atoms. The van der Waals surface area contributed by atoms with Crippen molar-refractivity contribution in [3.8, 4) is 11.5 Å². The minimum atomic E-state index is 0.622. The second-order valence-corrected chi connectivity index (χ2v) is 6.68. The largest absolute Gasteiger partial charge is 0.486 e. The Hall–Kier alpha value is -1.24. The number of aryl methyl sites for hydroxylation is 1. The third-order valence-corrected chi connectivity index (χ3v) is 4.88. The van der Waals surface area contributed by atoms with Gasteiger partial charge in [-0.2, -0.15) is 0 Å². The van der Waals surface area contributed by atoms with Crippen LogP contribution in [-0.2, 0) is 13.1 Å². The summed E-state index contributed by atoms with van der Waals surface area (Å²) < 4.78 is 11.3. The summed E-state index contributed by atoms with van der Waals surface area (Å²) in [7, 11) is 0. The molecule has 1 N–H and O–H groups in total. The van der Waals surface area contributed by atoms with E-state index in [2.05, 4.69) is 34.1 Å². The first kappa shape index (κ1) is 14.7. The Labute approximate surface area is 132 Å². The lowest BCUT2D eigenvalue weighted by molar-refractivity contribution is 0.171. The van der Waals surface area contributed by atoms with Gasteiger partial charge >= 0.3 is 0 Å². The fourth-order valence-electron chi connectivity index (χ4n) is 2.26. The average molecular weight is 322 g/mol. The summed E-state index contributed by atoms with van der Waals surface area (Å²) in [5.41, 5.74) is 2.33. The zero-order chi connectivity index (χ0) is 14.7. The highest BCUT2D eigenvalue weighted by molar-refractivity contribution is 7.98. The molecule has 1 aliphatic heterocycles. The van der Waals surface area contributed by atoms with E-state index in [9.17, 15) is 0 Å². The van der Waals surface area contributed by atoms with E-state index in [0.717, 1.165) is 35.3 Å². The van der Waals surface area contributed by atoms with Gasteiger partial charge in [0.05, 0.1) is 10.7 Å². The van der Waals surface area contributed by atoms with Gasteiger partial charge in [0.25, 0.3) is 0 Å². The van der Waals surface area contributed by atoms with Gasteiger partial charge in [0.15, 0.2) is 11.5 Å². The number of rotatable bonds is 5. The predicted molar refractivity (Wildman–Crippen MR) is 86.6 cm³/mol. The van der Waals surface area contributed by atoms with Gasteiger partial charge in [-0.3, -0.25) is 0 Å². The maximum absolute atomic E-state index is 5.66. The van der Waals surface area contributed by atoms with Crippen LogP contribution < -0.4 is 14.8 Å². The Balaban J connectivity index is 1.69. The molecule has 0 unspecified atom stereocenters. The smallest absolute Gasteiger partial charge is 0.162 e. The first-order chi connectivity index (χ1) is 10.3. The van der Waals surface area contributed by atoms with E-state index in [1.165, 1.54) is 10.5 Å². The number of nitrogens with one attached hydrogen (secondary N) is 1. The highest BCUT2D eigenvalue weighted by atomic mass is 32.2. The van der Waals surface area contributed by atoms with Gasteiger partial charge in [-0.1, -0.05) is 0 Å². The molecule has 3 rings (SSSR count). The Bertz CT molecular complexity index is 628. The molecular weight excluding hydrogens is 304 g/mol. The van der Waals surface area contributed by atoms with E-state index in [4.69, 9.17) is 9.47 Å². The van der Waals surface area contributed by atoms with E-state index in [-0.39, 0.29) is 0 Å². The highest BCUT2D eigenvalue weighted by Crippen LogP contribution is 2.36. The number of benzene rings is 1. The molecule has 0 bridgehead atoms. The van der Waals surface area contributed by atoms with Crippen molar-refractivity contribution in [1.82, 2.24) is 10.3 Å². The Morgan fingerprint density at radius 1 is 1.24 bits per heavy atom. The summed E-state index contributed by atoms with van der Waals surface area (Å²) in [5, 5.41) is 6.65. The zero-order valence-corrected chi connectivity index (χ0v) is 13.8. The fourth-order valence-corrected chi connectivity index (χ4v) is 3.49. The van der Waals surface area contributed by atoms with Gasteiger partial charge in [0.1, 0.15) is 13.2 Å². The molecule has 0 saturated heterocycles. The number of ether oxygens (including phenoxy) is 2. The van der Waals surface area contributed by atoms with Gasteiger partial charge in [0, 0.05) is 23.4 Å². The molecule has 0 aliphatic carbocycles. The summed E-state index contributed by atoms with van der Waals surface area (Å²) in [6.07, 6.45) is 2.08. The molecule has 112 valence electrons. The van der Waals surface area contributed by atoms with Crippen LogP contribution in [0.25, 0.3) is 0 Å². The summed E-state index contributed by atoms with van der Waals surface area (Å²) in [5.74, 6) is 1.70. The van der Waals surface area contributed by atoms with Crippen LogP contribution in [0.3, 0.4) is 0 Å². The summed E-state index contributed by atoms with van der Waals surface area (Å²) >= 11 is 3.41. The minimum absolute atomic E-state index is 0.622. The Morgan fingerprint density at radius 3 is 2.67 bits per heavy atom. The number of nitrogens with zero attached hydrogens (tertiary/aromatic N) is 1. The second kappa shape index (κ2) is 6.68. The van der Waals surface area contributed by atoms with Gasteiger partial charge in [0.2, 0.25) is 0 Å². The molecule has 0 amide bonds. The van der Waals surface area contributed by atoms with Crippen molar-refractivity contribution >= 4 is 23.1 Å². The van der Waals surface area contributed by atoms with Crippen molar-refractivity contribution < 1.29 is 9.47 Å². The molecular formula is C15H18N2O2S2. The number of thioether (sulfide) groups is 1. The summed E-state index contributed by atoms with van der Waals surface area (Å²) in [6.45, 7) is 4.86. The molecule has 4 nitrogen and oxygen atoms in total. The highest BCUT2D eigenvalue weighted by Gasteiger charge is 2.15.